The van der Waals surface area contributed by atoms with Crippen molar-refractivity contribution >= 4 is 17.9 Å². The molecule has 1 aromatic heterocycles. The van der Waals surface area contributed by atoms with E-state index >= 15 is 0 Å². The Morgan fingerprint density at radius 1 is 1.08 bits per heavy atom. The van der Waals surface area contributed by atoms with Gasteiger partial charge in [-0.25, -0.2) is 4.79 Å². The Kier molecular flexibility index (Phi) is 5.41. The standard InChI is InChI=1S/C17H23N5O3/c1-8(2)10-5-11(9(3)4)14(23)12(6-10)15(24)25-7-13-20-16(18)22-17(19)21-13/h5-6,8-9,23H,7H2,1-4H3,(H4,18,19,20,21,22). The van der Waals surface area contributed by atoms with Gasteiger partial charge in [-0.05, 0) is 29.0 Å². The number of rotatable bonds is 5. The number of phenols is 1. The lowest BCUT2D eigenvalue weighted by atomic mass is 9.92. The summed E-state index contributed by atoms with van der Waals surface area (Å²) in [6.45, 7) is 7.71. The SMILES string of the molecule is CC(C)c1cc(C(=O)OCc2nc(N)nc(N)n2)c(O)c(C(C)C)c1. The minimum Gasteiger partial charge on any atom is -0.507 e. The molecule has 2 aromatic rings. The highest BCUT2D eigenvalue weighted by Crippen LogP contribution is 2.33. The average molecular weight is 345 g/mol. The van der Waals surface area contributed by atoms with Crippen LogP contribution >= 0.6 is 0 Å². The van der Waals surface area contributed by atoms with Gasteiger partial charge >= 0.3 is 5.97 Å². The molecule has 0 aliphatic heterocycles. The van der Waals surface area contributed by atoms with Gasteiger partial charge in [0.15, 0.2) is 12.4 Å². The van der Waals surface area contributed by atoms with E-state index in [-0.39, 0.29) is 47.5 Å². The maximum Gasteiger partial charge on any atom is 0.342 e. The second kappa shape index (κ2) is 7.33. The predicted molar refractivity (Wildman–Crippen MR) is 94.1 cm³/mol. The summed E-state index contributed by atoms with van der Waals surface area (Å²) in [6.07, 6.45) is 0. The zero-order valence-electron chi connectivity index (χ0n) is 14.8. The van der Waals surface area contributed by atoms with Crippen LogP contribution in [0.15, 0.2) is 12.1 Å². The van der Waals surface area contributed by atoms with Gasteiger partial charge in [-0.3, -0.25) is 0 Å². The molecule has 0 bridgehead atoms. The number of phenolic OH excluding ortho intramolecular Hbond substituents is 1. The van der Waals surface area contributed by atoms with E-state index in [1.54, 1.807) is 6.07 Å². The van der Waals surface area contributed by atoms with Gasteiger partial charge in [-0.15, -0.1) is 0 Å². The number of aromatic nitrogens is 3. The molecule has 8 nitrogen and oxygen atoms in total. The van der Waals surface area contributed by atoms with E-state index < -0.39 is 5.97 Å². The molecule has 0 unspecified atom stereocenters. The summed E-state index contributed by atoms with van der Waals surface area (Å²) in [6, 6.07) is 3.55. The molecule has 1 heterocycles. The van der Waals surface area contributed by atoms with Crippen molar-refractivity contribution in [3.05, 3.63) is 34.6 Å². The highest BCUT2D eigenvalue weighted by Gasteiger charge is 2.20. The normalized spacial score (nSPS) is 11.1. The van der Waals surface area contributed by atoms with Gasteiger partial charge in [0.2, 0.25) is 11.9 Å². The molecule has 0 amide bonds. The molecule has 0 saturated carbocycles. The number of nitrogens with zero attached hydrogens (tertiary/aromatic N) is 3. The Bertz CT molecular complexity index is 770. The van der Waals surface area contributed by atoms with Gasteiger partial charge in [-0.2, -0.15) is 15.0 Å². The number of anilines is 2. The first-order valence-corrected chi connectivity index (χ1v) is 7.98. The monoisotopic (exact) mass is 345 g/mol. The number of nitrogen functional groups attached to an aromatic ring is 2. The summed E-state index contributed by atoms with van der Waals surface area (Å²) >= 11 is 0. The van der Waals surface area contributed by atoms with Crippen molar-refractivity contribution in [3.63, 3.8) is 0 Å². The summed E-state index contributed by atoms with van der Waals surface area (Å²) < 4.78 is 5.21. The van der Waals surface area contributed by atoms with Gasteiger partial charge in [-0.1, -0.05) is 33.8 Å². The third kappa shape index (κ3) is 4.34. The number of ether oxygens (including phenoxy) is 1. The summed E-state index contributed by atoms with van der Waals surface area (Å²) in [5.74, 6) is -0.433. The Morgan fingerprint density at radius 3 is 2.20 bits per heavy atom. The maximum absolute atomic E-state index is 12.4. The number of carbonyl (C=O) groups excluding carboxylic acids is 1. The maximum atomic E-state index is 12.4. The van der Waals surface area contributed by atoms with E-state index in [4.69, 9.17) is 16.2 Å². The van der Waals surface area contributed by atoms with Crippen LogP contribution in [0, 0.1) is 0 Å². The molecule has 0 aliphatic carbocycles. The molecule has 25 heavy (non-hydrogen) atoms. The minimum atomic E-state index is -0.667. The van der Waals surface area contributed by atoms with Crippen molar-refractivity contribution in [2.75, 3.05) is 11.5 Å². The van der Waals surface area contributed by atoms with Gasteiger partial charge in [0.1, 0.15) is 11.3 Å². The fourth-order valence-electron chi connectivity index (χ4n) is 2.34. The minimum absolute atomic E-state index is 0.0507. The number of benzene rings is 1. The molecule has 0 atom stereocenters. The number of hydrogen-bond acceptors (Lipinski definition) is 8. The first-order valence-electron chi connectivity index (χ1n) is 7.98. The Morgan fingerprint density at radius 2 is 1.68 bits per heavy atom. The summed E-state index contributed by atoms with van der Waals surface area (Å²) in [5.41, 5.74) is 12.7. The summed E-state index contributed by atoms with van der Waals surface area (Å²) in [4.78, 5) is 23.8. The van der Waals surface area contributed by atoms with Crippen molar-refractivity contribution in [2.45, 2.75) is 46.1 Å². The van der Waals surface area contributed by atoms with Crippen molar-refractivity contribution in [2.24, 2.45) is 0 Å². The number of carbonyl (C=O) groups is 1. The predicted octanol–water partition coefficient (Wildman–Crippen LogP) is 2.35. The van der Waals surface area contributed by atoms with Crippen LogP contribution in [0.3, 0.4) is 0 Å². The van der Waals surface area contributed by atoms with Crippen molar-refractivity contribution < 1.29 is 14.6 Å². The van der Waals surface area contributed by atoms with E-state index in [0.29, 0.717) is 5.56 Å². The second-order valence-corrected chi connectivity index (χ2v) is 6.36. The van der Waals surface area contributed by atoms with Crippen LogP contribution in [0.4, 0.5) is 11.9 Å². The van der Waals surface area contributed by atoms with Crippen LogP contribution in [0.5, 0.6) is 5.75 Å². The van der Waals surface area contributed by atoms with Crippen LogP contribution in [0.25, 0.3) is 0 Å². The van der Waals surface area contributed by atoms with Gasteiger partial charge in [0, 0.05) is 0 Å². The van der Waals surface area contributed by atoms with Crippen molar-refractivity contribution in [1.29, 1.82) is 0 Å². The largest absolute Gasteiger partial charge is 0.507 e. The third-order valence-corrected chi connectivity index (χ3v) is 3.72. The molecule has 5 N–H and O–H groups in total. The highest BCUT2D eigenvalue weighted by atomic mass is 16.5. The number of aromatic hydroxyl groups is 1. The lowest BCUT2D eigenvalue weighted by molar-refractivity contribution is 0.0458. The van der Waals surface area contributed by atoms with Crippen LogP contribution in [0.1, 0.15) is 66.8 Å². The van der Waals surface area contributed by atoms with E-state index in [1.165, 1.54) is 0 Å². The third-order valence-electron chi connectivity index (χ3n) is 3.72. The average Bonchev–Trinajstić information content (AvgIpc) is 2.51. The van der Waals surface area contributed by atoms with E-state index in [1.807, 2.05) is 33.8 Å². The topological polar surface area (TPSA) is 137 Å². The molecule has 0 spiro atoms. The molecular weight excluding hydrogens is 322 g/mol. The number of nitrogens with two attached hydrogens (primary N) is 2. The van der Waals surface area contributed by atoms with Crippen molar-refractivity contribution in [3.8, 4) is 5.75 Å². The molecule has 0 aliphatic rings. The first kappa shape index (κ1) is 18.4. The fraction of sp³-hybridized carbons (Fsp3) is 0.412. The molecule has 0 radical (unpaired) electrons. The molecule has 8 heteroatoms. The van der Waals surface area contributed by atoms with E-state index in [2.05, 4.69) is 15.0 Å². The van der Waals surface area contributed by atoms with E-state index in [0.717, 1.165) is 5.56 Å². The summed E-state index contributed by atoms with van der Waals surface area (Å²) in [5, 5.41) is 10.4. The lowest BCUT2D eigenvalue weighted by Crippen LogP contribution is -2.12. The zero-order chi connectivity index (χ0) is 18.7. The van der Waals surface area contributed by atoms with Crippen LogP contribution < -0.4 is 11.5 Å². The lowest BCUT2D eigenvalue weighted by Gasteiger charge is -2.16. The second-order valence-electron chi connectivity index (χ2n) is 6.36. The Balaban J connectivity index is 2.28. The Hall–Kier alpha value is -2.90. The van der Waals surface area contributed by atoms with Crippen LogP contribution in [-0.2, 0) is 11.3 Å². The first-order chi connectivity index (χ1) is 11.7. The molecule has 0 fully saturated rings. The number of hydrogen-bond donors (Lipinski definition) is 3. The number of esters is 1. The van der Waals surface area contributed by atoms with Crippen LogP contribution in [-0.4, -0.2) is 26.0 Å². The quantitative estimate of drug-likeness (QED) is 0.702. The smallest absolute Gasteiger partial charge is 0.342 e. The fourth-order valence-corrected chi connectivity index (χ4v) is 2.34. The van der Waals surface area contributed by atoms with E-state index in [9.17, 15) is 9.90 Å². The molecule has 0 saturated heterocycles. The van der Waals surface area contributed by atoms with Gasteiger partial charge in [0.25, 0.3) is 0 Å². The molecule has 134 valence electrons. The summed E-state index contributed by atoms with van der Waals surface area (Å²) in [7, 11) is 0. The molecular formula is C17H23N5O3. The van der Waals surface area contributed by atoms with Gasteiger partial charge < -0.3 is 21.3 Å². The Labute approximate surface area is 146 Å². The van der Waals surface area contributed by atoms with Gasteiger partial charge in [0.05, 0.1) is 0 Å². The molecule has 2 rings (SSSR count). The zero-order valence-corrected chi connectivity index (χ0v) is 14.8. The molecule has 1 aromatic carbocycles. The van der Waals surface area contributed by atoms with Crippen LogP contribution in [0.2, 0.25) is 0 Å². The highest BCUT2D eigenvalue weighted by molar-refractivity contribution is 5.93. The van der Waals surface area contributed by atoms with Crippen molar-refractivity contribution in [1.82, 2.24) is 15.0 Å².